The maximum atomic E-state index is 12.7. The minimum Gasteiger partial charge on any atom is -0.489 e. The lowest BCUT2D eigenvalue weighted by Crippen LogP contribution is -2.35. The first-order valence-corrected chi connectivity index (χ1v) is 20.5. The largest absolute Gasteiger partial charge is 0.489 e. The van der Waals surface area contributed by atoms with E-state index in [2.05, 4.69) is 133 Å². The fourth-order valence-corrected chi connectivity index (χ4v) is 9.10. The molecular weight excluding hydrogens is 719 g/mol. The van der Waals surface area contributed by atoms with E-state index in [4.69, 9.17) is 9.47 Å². The second kappa shape index (κ2) is 17.7. The van der Waals surface area contributed by atoms with Crippen molar-refractivity contribution < 1.29 is 24.2 Å². The van der Waals surface area contributed by atoms with E-state index < -0.39 is 5.97 Å². The molecule has 6 aromatic rings. The molecule has 8 rings (SSSR count). The molecule has 0 radical (unpaired) electrons. The molecule has 0 spiro atoms. The maximum absolute atomic E-state index is 12.7. The van der Waals surface area contributed by atoms with Crippen LogP contribution in [0.15, 0.2) is 146 Å². The van der Waals surface area contributed by atoms with Gasteiger partial charge in [0.2, 0.25) is 5.91 Å². The number of benzene rings is 6. The predicted molar refractivity (Wildman–Crippen MR) is 230 cm³/mol. The molecule has 0 heterocycles. The summed E-state index contributed by atoms with van der Waals surface area (Å²) in [6.07, 6.45) is 3.50. The Morgan fingerprint density at radius 2 is 1.17 bits per heavy atom. The zero-order chi connectivity index (χ0) is 40.0. The zero-order valence-corrected chi connectivity index (χ0v) is 33.4. The molecule has 0 fully saturated rings. The highest BCUT2D eigenvalue weighted by molar-refractivity contribution is 5.78. The van der Waals surface area contributed by atoms with Crippen molar-refractivity contribution in [1.29, 1.82) is 0 Å². The van der Waals surface area contributed by atoms with Crippen LogP contribution in [0.4, 0.5) is 0 Å². The third kappa shape index (κ3) is 8.93. The second-order valence-electron chi connectivity index (χ2n) is 16.1. The van der Waals surface area contributed by atoms with Crippen LogP contribution in [0, 0.1) is 11.8 Å². The van der Waals surface area contributed by atoms with Gasteiger partial charge in [-0.1, -0.05) is 133 Å². The van der Waals surface area contributed by atoms with Crippen LogP contribution in [0.5, 0.6) is 5.75 Å². The Morgan fingerprint density at radius 3 is 1.79 bits per heavy atom. The maximum Gasteiger partial charge on any atom is 0.303 e. The first-order chi connectivity index (χ1) is 28.3. The lowest BCUT2D eigenvalue weighted by atomic mass is 9.63. The molecule has 1 N–H and O–H groups in total. The molecule has 0 bridgehead atoms. The van der Waals surface area contributed by atoms with E-state index in [-0.39, 0.29) is 36.2 Å². The molecule has 6 nitrogen and oxygen atoms in total. The highest BCUT2D eigenvalue weighted by Crippen LogP contribution is 2.52. The van der Waals surface area contributed by atoms with Crippen molar-refractivity contribution in [3.63, 3.8) is 0 Å². The van der Waals surface area contributed by atoms with Crippen LogP contribution in [0.1, 0.15) is 70.2 Å². The molecule has 0 aliphatic heterocycles. The van der Waals surface area contributed by atoms with E-state index in [1.807, 2.05) is 12.1 Å². The first kappa shape index (κ1) is 38.9. The summed E-state index contributed by atoms with van der Waals surface area (Å²) in [6.45, 7) is 0.890. The number of hydrogen-bond donors (Lipinski definition) is 1. The van der Waals surface area contributed by atoms with Gasteiger partial charge in [0.05, 0.1) is 19.1 Å². The molecule has 4 unspecified atom stereocenters. The lowest BCUT2D eigenvalue weighted by molar-refractivity contribution is -0.139. The number of amides is 1. The summed E-state index contributed by atoms with van der Waals surface area (Å²) in [5, 5.41) is 10.2. The van der Waals surface area contributed by atoms with E-state index >= 15 is 0 Å². The van der Waals surface area contributed by atoms with Crippen LogP contribution in [-0.4, -0.2) is 36.0 Å². The number of carbonyl (C=O) groups excluding carboxylic acids is 1. The van der Waals surface area contributed by atoms with E-state index in [0.29, 0.717) is 19.6 Å². The van der Waals surface area contributed by atoms with Crippen molar-refractivity contribution >= 4 is 11.9 Å². The van der Waals surface area contributed by atoms with Gasteiger partial charge in [0.1, 0.15) is 12.4 Å². The van der Waals surface area contributed by atoms with Crippen LogP contribution in [-0.2, 0) is 46.8 Å². The average molecular weight is 770 g/mol. The third-order valence-corrected chi connectivity index (χ3v) is 12.1. The number of nitrogens with zero attached hydrogens (tertiary/aromatic N) is 1. The Bertz CT molecular complexity index is 2340. The van der Waals surface area contributed by atoms with Gasteiger partial charge in [-0.2, -0.15) is 0 Å². The smallest absolute Gasteiger partial charge is 0.303 e. The van der Waals surface area contributed by atoms with Crippen molar-refractivity contribution in [1.82, 2.24) is 4.90 Å². The zero-order valence-electron chi connectivity index (χ0n) is 33.4. The number of ether oxygens (including phenoxy) is 2. The molecule has 0 saturated heterocycles. The predicted octanol–water partition coefficient (Wildman–Crippen LogP) is 10.9. The van der Waals surface area contributed by atoms with Crippen LogP contribution in [0.3, 0.4) is 0 Å². The summed E-state index contributed by atoms with van der Waals surface area (Å²) in [5.74, 6) is 0.150. The second-order valence-corrected chi connectivity index (χ2v) is 16.1. The van der Waals surface area contributed by atoms with Crippen LogP contribution >= 0.6 is 0 Å². The summed E-state index contributed by atoms with van der Waals surface area (Å²) < 4.78 is 13.4. The van der Waals surface area contributed by atoms with Crippen molar-refractivity contribution in [2.45, 2.75) is 63.8 Å². The van der Waals surface area contributed by atoms with Gasteiger partial charge in [-0.3, -0.25) is 9.59 Å². The summed E-state index contributed by atoms with van der Waals surface area (Å²) in [7, 11) is 3.58. The standard InChI is InChI=1S/C52H51NO5/c1-53(2)49(54)30-37-17-26-47-42(29-37)24-27-48(52(47)58-34-36-15-20-41(21-16-36)39-11-7-4-8-12-39)51-44(32-50(55)56)23-22-43-31-45(25-28-46(43)51)57-33-35-13-18-40(19-14-35)38-9-5-3-6-10-38/h3-21,25-26,28-29,31,44,48,51-52H,22-24,27,30,32-34H2,1-2H3,(H,55,56). The number of aryl methyl sites for hydroxylation is 2. The molecule has 1 amide bonds. The molecule has 294 valence electrons. The van der Waals surface area contributed by atoms with Crippen LogP contribution in [0.25, 0.3) is 22.3 Å². The van der Waals surface area contributed by atoms with Crippen LogP contribution in [0.2, 0.25) is 0 Å². The van der Waals surface area contributed by atoms with Crippen molar-refractivity contribution in [3.8, 4) is 28.0 Å². The number of carboxylic acids is 1. The van der Waals surface area contributed by atoms with Crippen LogP contribution < -0.4 is 4.74 Å². The molecule has 6 heteroatoms. The minimum absolute atomic E-state index is 0.00645. The van der Waals surface area contributed by atoms with E-state index in [9.17, 15) is 14.7 Å². The van der Waals surface area contributed by atoms with Gasteiger partial charge >= 0.3 is 5.97 Å². The van der Waals surface area contributed by atoms with Gasteiger partial charge < -0.3 is 19.5 Å². The highest BCUT2D eigenvalue weighted by atomic mass is 16.5. The number of aliphatic carboxylic acids is 1. The highest BCUT2D eigenvalue weighted by Gasteiger charge is 2.43. The van der Waals surface area contributed by atoms with Crippen molar-refractivity contribution in [2.24, 2.45) is 11.8 Å². The van der Waals surface area contributed by atoms with Gasteiger partial charge in [0.25, 0.3) is 0 Å². The lowest BCUT2D eigenvalue weighted by Gasteiger charge is -2.44. The Balaban J connectivity index is 1.07. The number of carbonyl (C=O) groups is 2. The topological polar surface area (TPSA) is 76.1 Å². The Morgan fingerprint density at radius 1 is 0.621 bits per heavy atom. The summed E-state index contributed by atoms with van der Waals surface area (Å²) in [6, 6.07) is 50.6. The summed E-state index contributed by atoms with van der Waals surface area (Å²) in [5.41, 5.74) is 12.6. The van der Waals surface area contributed by atoms with Gasteiger partial charge in [0.15, 0.2) is 0 Å². The average Bonchev–Trinajstić information content (AvgIpc) is 3.25. The quantitative estimate of drug-likeness (QED) is 0.127. The third-order valence-electron chi connectivity index (χ3n) is 12.1. The van der Waals surface area contributed by atoms with Crippen molar-refractivity contribution in [2.75, 3.05) is 14.1 Å². The molecule has 4 atom stereocenters. The molecule has 2 aliphatic rings. The number of hydrogen-bond acceptors (Lipinski definition) is 4. The normalized spacial score (nSPS) is 18.4. The molecule has 0 aromatic heterocycles. The van der Waals surface area contributed by atoms with E-state index in [0.717, 1.165) is 59.3 Å². The molecule has 6 aromatic carbocycles. The number of rotatable bonds is 13. The summed E-state index contributed by atoms with van der Waals surface area (Å²) in [4.78, 5) is 26.7. The SMILES string of the molecule is CN(C)C(=O)Cc1ccc2c(c1)CCC(C1c3ccc(OCc4ccc(-c5ccccc5)cc4)cc3CCC1CC(=O)O)C2OCc1ccc(-c2ccccc2)cc1. The molecule has 0 saturated carbocycles. The van der Waals surface area contributed by atoms with Crippen molar-refractivity contribution in [3.05, 3.63) is 185 Å². The van der Waals surface area contributed by atoms with Gasteiger partial charge in [0, 0.05) is 20.5 Å². The number of fused-ring (bicyclic) bond motifs is 2. The molecular formula is C52H51NO5. The van der Waals surface area contributed by atoms with Gasteiger partial charge in [-0.05, 0) is 117 Å². The Labute approximate surface area is 342 Å². The minimum atomic E-state index is -0.765. The number of likely N-dealkylation sites (N-methyl/N-ethyl adjacent to an activating group) is 1. The first-order valence-electron chi connectivity index (χ1n) is 20.5. The Kier molecular flexibility index (Phi) is 11.8. The number of carboxylic acid groups (broad SMARTS) is 1. The van der Waals surface area contributed by atoms with E-state index in [1.165, 1.54) is 33.4 Å². The monoisotopic (exact) mass is 769 g/mol. The fourth-order valence-electron chi connectivity index (χ4n) is 9.10. The molecule has 58 heavy (non-hydrogen) atoms. The molecule has 2 aliphatic carbocycles. The Hall–Kier alpha value is -5.98. The van der Waals surface area contributed by atoms with E-state index in [1.54, 1.807) is 19.0 Å². The summed E-state index contributed by atoms with van der Waals surface area (Å²) >= 11 is 0. The van der Waals surface area contributed by atoms with Gasteiger partial charge in [-0.15, -0.1) is 0 Å². The van der Waals surface area contributed by atoms with Gasteiger partial charge in [-0.25, -0.2) is 0 Å². The fraction of sp³-hybridized carbons (Fsp3) is 0.269.